The van der Waals surface area contributed by atoms with Crippen LogP contribution in [0.15, 0.2) is 0 Å². The number of hydrogen-bond acceptors (Lipinski definition) is 1. The second-order valence-electron chi connectivity index (χ2n) is 3.66. The van der Waals surface area contributed by atoms with Gasteiger partial charge in [0.2, 0.25) is 0 Å². The monoisotopic (exact) mass is 151 g/mol. The minimum atomic E-state index is 0.725. The Bertz CT molecular complexity index is 137. The molecule has 1 heteroatoms. The SMILES string of the molecule is CCC1CCC(CC#N)CC1. The van der Waals surface area contributed by atoms with Crippen LogP contribution in [-0.4, -0.2) is 0 Å². The molecule has 0 saturated heterocycles. The standard InChI is InChI=1S/C10H17N/c1-2-9-3-5-10(6-4-9)7-8-11/h9-10H,2-7H2,1H3. The molecule has 0 aromatic carbocycles. The summed E-state index contributed by atoms with van der Waals surface area (Å²) in [4.78, 5) is 0. The molecule has 0 aliphatic heterocycles. The van der Waals surface area contributed by atoms with Crippen molar-refractivity contribution in [2.24, 2.45) is 11.8 Å². The van der Waals surface area contributed by atoms with Gasteiger partial charge >= 0.3 is 0 Å². The quantitative estimate of drug-likeness (QED) is 0.595. The molecule has 1 fully saturated rings. The molecule has 0 heterocycles. The molecule has 1 nitrogen and oxygen atoms in total. The lowest BCUT2D eigenvalue weighted by molar-refractivity contribution is 0.272. The van der Waals surface area contributed by atoms with Crippen LogP contribution in [0.5, 0.6) is 0 Å². The molecule has 11 heavy (non-hydrogen) atoms. The van der Waals surface area contributed by atoms with E-state index < -0.39 is 0 Å². The van der Waals surface area contributed by atoms with E-state index in [4.69, 9.17) is 5.26 Å². The highest BCUT2D eigenvalue weighted by Crippen LogP contribution is 2.31. The van der Waals surface area contributed by atoms with Crippen molar-refractivity contribution >= 4 is 0 Å². The minimum Gasteiger partial charge on any atom is -0.198 e. The molecule has 0 atom stereocenters. The van der Waals surface area contributed by atoms with Crippen LogP contribution in [0.4, 0.5) is 0 Å². The second kappa shape index (κ2) is 4.38. The Kier molecular flexibility index (Phi) is 3.42. The summed E-state index contributed by atoms with van der Waals surface area (Å²) in [6, 6.07) is 2.27. The van der Waals surface area contributed by atoms with Gasteiger partial charge in [-0.1, -0.05) is 26.2 Å². The van der Waals surface area contributed by atoms with Crippen LogP contribution in [0.2, 0.25) is 0 Å². The predicted octanol–water partition coefficient (Wildman–Crippen LogP) is 3.12. The average Bonchev–Trinajstić information content (AvgIpc) is 2.07. The van der Waals surface area contributed by atoms with E-state index in [1.165, 1.54) is 32.1 Å². The number of rotatable bonds is 2. The number of hydrogen-bond donors (Lipinski definition) is 0. The maximum Gasteiger partial charge on any atom is 0.0624 e. The normalized spacial score (nSPS) is 31.3. The maximum absolute atomic E-state index is 8.49. The molecule has 0 amide bonds. The van der Waals surface area contributed by atoms with E-state index >= 15 is 0 Å². The zero-order chi connectivity index (χ0) is 8.10. The van der Waals surface area contributed by atoms with Gasteiger partial charge in [-0.15, -0.1) is 0 Å². The van der Waals surface area contributed by atoms with E-state index in [0.717, 1.165) is 18.3 Å². The molecule has 1 aliphatic carbocycles. The zero-order valence-electron chi connectivity index (χ0n) is 7.34. The van der Waals surface area contributed by atoms with Crippen molar-refractivity contribution in [1.29, 1.82) is 5.26 Å². The van der Waals surface area contributed by atoms with Gasteiger partial charge in [0.1, 0.15) is 0 Å². The summed E-state index contributed by atoms with van der Waals surface area (Å²) >= 11 is 0. The Morgan fingerprint density at radius 1 is 1.18 bits per heavy atom. The first kappa shape index (κ1) is 8.59. The molecule has 0 aromatic rings. The highest BCUT2D eigenvalue weighted by atomic mass is 14.3. The number of nitrogens with zero attached hydrogens (tertiary/aromatic N) is 1. The Hall–Kier alpha value is -0.510. The van der Waals surface area contributed by atoms with Crippen molar-refractivity contribution in [1.82, 2.24) is 0 Å². The fourth-order valence-electron chi connectivity index (χ4n) is 1.97. The summed E-state index contributed by atoms with van der Waals surface area (Å²) < 4.78 is 0. The first-order valence-electron chi connectivity index (χ1n) is 4.73. The Balaban J connectivity index is 2.20. The van der Waals surface area contributed by atoms with Gasteiger partial charge in [-0.05, 0) is 24.7 Å². The number of nitriles is 1. The first-order valence-corrected chi connectivity index (χ1v) is 4.73. The molecule has 0 aromatic heterocycles. The molecule has 0 bridgehead atoms. The summed E-state index contributed by atoms with van der Waals surface area (Å²) in [7, 11) is 0. The van der Waals surface area contributed by atoms with Crippen molar-refractivity contribution in [3.8, 4) is 6.07 Å². The molecule has 0 unspecified atom stereocenters. The van der Waals surface area contributed by atoms with E-state index in [1.807, 2.05) is 0 Å². The van der Waals surface area contributed by atoms with Crippen LogP contribution in [-0.2, 0) is 0 Å². The third kappa shape index (κ3) is 2.54. The van der Waals surface area contributed by atoms with E-state index in [-0.39, 0.29) is 0 Å². The molecule has 0 spiro atoms. The second-order valence-corrected chi connectivity index (χ2v) is 3.66. The van der Waals surface area contributed by atoms with E-state index in [0.29, 0.717) is 0 Å². The van der Waals surface area contributed by atoms with E-state index in [1.54, 1.807) is 0 Å². The molecule has 62 valence electrons. The van der Waals surface area contributed by atoms with Crippen molar-refractivity contribution in [3.05, 3.63) is 0 Å². The van der Waals surface area contributed by atoms with Gasteiger partial charge < -0.3 is 0 Å². The van der Waals surface area contributed by atoms with Crippen LogP contribution < -0.4 is 0 Å². The fourth-order valence-corrected chi connectivity index (χ4v) is 1.97. The van der Waals surface area contributed by atoms with Crippen molar-refractivity contribution < 1.29 is 0 Å². The van der Waals surface area contributed by atoms with Gasteiger partial charge in [0.05, 0.1) is 6.07 Å². The molecular formula is C10H17N. The van der Waals surface area contributed by atoms with Crippen LogP contribution in [0.1, 0.15) is 45.4 Å². The van der Waals surface area contributed by atoms with Crippen molar-refractivity contribution in [2.45, 2.75) is 45.4 Å². The van der Waals surface area contributed by atoms with Crippen molar-refractivity contribution in [3.63, 3.8) is 0 Å². The highest BCUT2D eigenvalue weighted by Gasteiger charge is 2.19. The van der Waals surface area contributed by atoms with Crippen LogP contribution in [0.25, 0.3) is 0 Å². The summed E-state index contributed by atoms with van der Waals surface area (Å²) in [5.41, 5.74) is 0. The summed E-state index contributed by atoms with van der Waals surface area (Å²) in [5, 5.41) is 8.49. The van der Waals surface area contributed by atoms with E-state index in [2.05, 4.69) is 13.0 Å². The van der Waals surface area contributed by atoms with Gasteiger partial charge in [-0.25, -0.2) is 0 Å². The van der Waals surface area contributed by atoms with Crippen LogP contribution >= 0.6 is 0 Å². The molecular weight excluding hydrogens is 134 g/mol. The van der Waals surface area contributed by atoms with Gasteiger partial charge in [0.15, 0.2) is 0 Å². The lowest BCUT2D eigenvalue weighted by Gasteiger charge is -2.25. The van der Waals surface area contributed by atoms with Crippen LogP contribution in [0.3, 0.4) is 0 Å². The Labute approximate surface area is 69.4 Å². The van der Waals surface area contributed by atoms with Gasteiger partial charge in [0.25, 0.3) is 0 Å². The molecule has 0 N–H and O–H groups in total. The Morgan fingerprint density at radius 3 is 2.18 bits per heavy atom. The van der Waals surface area contributed by atoms with Crippen LogP contribution in [0, 0.1) is 23.2 Å². The minimum absolute atomic E-state index is 0.725. The lowest BCUT2D eigenvalue weighted by atomic mass is 9.80. The van der Waals surface area contributed by atoms with Gasteiger partial charge in [-0.2, -0.15) is 5.26 Å². The molecule has 1 saturated carbocycles. The van der Waals surface area contributed by atoms with Gasteiger partial charge in [-0.3, -0.25) is 0 Å². The summed E-state index contributed by atoms with van der Waals surface area (Å²) in [6.45, 7) is 2.27. The third-order valence-electron chi connectivity index (χ3n) is 2.92. The zero-order valence-corrected chi connectivity index (χ0v) is 7.34. The summed E-state index contributed by atoms with van der Waals surface area (Å²) in [6.07, 6.45) is 7.44. The van der Waals surface area contributed by atoms with E-state index in [9.17, 15) is 0 Å². The summed E-state index contributed by atoms with van der Waals surface area (Å²) in [5.74, 6) is 1.69. The third-order valence-corrected chi connectivity index (χ3v) is 2.92. The molecule has 1 aliphatic rings. The highest BCUT2D eigenvalue weighted by molar-refractivity contribution is 4.80. The Morgan fingerprint density at radius 2 is 1.73 bits per heavy atom. The first-order chi connectivity index (χ1) is 5.36. The molecule has 0 radical (unpaired) electrons. The largest absolute Gasteiger partial charge is 0.198 e. The lowest BCUT2D eigenvalue weighted by Crippen LogP contribution is -2.13. The average molecular weight is 151 g/mol. The molecule has 1 rings (SSSR count). The fraction of sp³-hybridized carbons (Fsp3) is 0.900. The predicted molar refractivity (Wildman–Crippen MR) is 46.0 cm³/mol. The van der Waals surface area contributed by atoms with Gasteiger partial charge in [0, 0.05) is 6.42 Å². The smallest absolute Gasteiger partial charge is 0.0624 e. The van der Waals surface area contributed by atoms with Crippen molar-refractivity contribution in [2.75, 3.05) is 0 Å². The topological polar surface area (TPSA) is 23.8 Å². The maximum atomic E-state index is 8.49.